The molecule has 1 aromatic heterocycles. The Bertz CT molecular complexity index is 1020. The minimum Gasteiger partial charge on any atom is -0.347 e. The number of anilines is 1. The van der Waals surface area contributed by atoms with Crippen molar-refractivity contribution in [1.29, 1.82) is 0 Å². The molecule has 3 rings (SSSR count). The van der Waals surface area contributed by atoms with Gasteiger partial charge in [-0.3, -0.25) is 9.59 Å². The molecule has 3 aromatic rings. The molecule has 0 atom stereocenters. The molecule has 0 unspecified atom stereocenters. The Morgan fingerprint density at radius 3 is 2.55 bits per heavy atom. The number of carbonyl (C=O) groups is 2. The highest BCUT2D eigenvalue weighted by molar-refractivity contribution is 7.15. The first-order chi connectivity index (χ1) is 14.0. The molecule has 0 radical (unpaired) electrons. The third-order valence-corrected chi connectivity index (χ3v) is 5.69. The predicted molar refractivity (Wildman–Crippen MR) is 113 cm³/mol. The highest BCUT2D eigenvalue weighted by Crippen LogP contribution is 2.28. The van der Waals surface area contributed by atoms with Crippen LogP contribution in [-0.2, 0) is 22.4 Å². The van der Waals surface area contributed by atoms with E-state index >= 15 is 0 Å². The molecule has 2 N–H and O–H groups in total. The fraction of sp³-hybridized carbons (Fsp3) is 0.227. The minimum atomic E-state index is -0.698. The van der Waals surface area contributed by atoms with Crippen molar-refractivity contribution >= 4 is 28.8 Å². The van der Waals surface area contributed by atoms with Gasteiger partial charge in [0.25, 0.3) is 0 Å². The van der Waals surface area contributed by atoms with Crippen LogP contribution in [0.2, 0.25) is 0 Å². The van der Waals surface area contributed by atoms with Gasteiger partial charge in [0.2, 0.25) is 0 Å². The molecule has 5 nitrogen and oxygen atoms in total. The van der Waals surface area contributed by atoms with Crippen LogP contribution in [-0.4, -0.2) is 23.3 Å². The van der Waals surface area contributed by atoms with Gasteiger partial charge in [0, 0.05) is 29.1 Å². The van der Waals surface area contributed by atoms with Crippen molar-refractivity contribution in [3.05, 3.63) is 70.5 Å². The van der Waals surface area contributed by atoms with Gasteiger partial charge >= 0.3 is 11.8 Å². The zero-order valence-corrected chi connectivity index (χ0v) is 17.1. The quantitative estimate of drug-likeness (QED) is 0.600. The van der Waals surface area contributed by atoms with Crippen molar-refractivity contribution < 1.29 is 14.0 Å². The topological polar surface area (TPSA) is 71.1 Å². The number of hydrogen-bond donors (Lipinski definition) is 2. The maximum absolute atomic E-state index is 13.4. The van der Waals surface area contributed by atoms with Crippen molar-refractivity contribution in [2.45, 2.75) is 26.7 Å². The van der Waals surface area contributed by atoms with Crippen molar-refractivity contribution in [1.82, 2.24) is 10.3 Å². The van der Waals surface area contributed by atoms with Gasteiger partial charge in [-0.15, -0.1) is 11.3 Å². The number of hydrogen-bond acceptors (Lipinski definition) is 4. The molecule has 0 aliphatic carbocycles. The molecule has 2 amide bonds. The summed E-state index contributed by atoms with van der Waals surface area (Å²) in [5, 5.41) is 5.95. The van der Waals surface area contributed by atoms with Crippen molar-refractivity contribution in [3.8, 4) is 10.6 Å². The highest BCUT2D eigenvalue weighted by Gasteiger charge is 2.15. The Balaban J connectivity index is 1.52. The van der Waals surface area contributed by atoms with E-state index in [1.807, 2.05) is 32.0 Å². The van der Waals surface area contributed by atoms with Gasteiger partial charge in [0.15, 0.2) is 0 Å². The molecule has 0 bridgehead atoms. The Kier molecular flexibility index (Phi) is 6.72. The monoisotopic (exact) mass is 411 g/mol. The molecular weight excluding hydrogens is 389 g/mol. The van der Waals surface area contributed by atoms with Crippen LogP contribution in [0.1, 0.15) is 23.1 Å². The van der Waals surface area contributed by atoms with Gasteiger partial charge in [0.05, 0.1) is 5.69 Å². The molecule has 0 fully saturated rings. The smallest absolute Gasteiger partial charge is 0.313 e. The molecule has 7 heteroatoms. The number of carbonyl (C=O) groups excluding carboxylic acids is 2. The lowest BCUT2D eigenvalue weighted by Gasteiger charge is -2.07. The molecular formula is C22H22FN3O2S. The number of nitrogens with zero attached hydrogens (tertiary/aromatic N) is 1. The Morgan fingerprint density at radius 2 is 1.86 bits per heavy atom. The van der Waals surface area contributed by atoms with Crippen LogP contribution >= 0.6 is 11.3 Å². The summed E-state index contributed by atoms with van der Waals surface area (Å²) in [4.78, 5) is 29.5. The number of benzene rings is 2. The third-order valence-electron chi connectivity index (χ3n) is 4.43. The summed E-state index contributed by atoms with van der Waals surface area (Å²) in [6.07, 6.45) is 1.45. The molecule has 0 spiro atoms. The zero-order chi connectivity index (χ0) is 20.8. The second-order valence-corrected chi connectivity index (χ2v) is 7.63. The van der Waals surface area contributed by atoms with E-state index in [1.54, 1.807) is 18.2 Å². The van der Waals surface area contributed by atoms with E-state index in [4.69, 9.17) is 0 Å². The first-order valence-corrected chi connectivity index (χ1v) is 10.2. The first-order valence-electron chi connectivity index (χ1n) is 9.36. The molecule has 0 saturated carbocycles. The average molecular weight is 412 g/mol. The SMILES string of the molecule is CCc1ccc(NC(=O)C(=O)NCCc2sc(-c3cccc(F)c3)nc2C)cc1. The van der Waals surface area contributed by atoms with Crippen LogP contribution in [0.15, 0.2) is 48.5 Å². The van der Waals surface area contributed by atoms with E-state index in [-0.39, 0.29) is 5.82 Å². The van der Waals surface area contributed by atoms with Crippen LogP contribution in [0.4, 0.5) is 10.1 Å². The van der Waals surface area contributed by atoms with Crippen LogP contribution in [0.5, 0.6) is 0 Å². The van der Waals surface area contributed by atoms with Crippen LogP contribution in [0.25, 0.3) is 10.6 Å². The maximum atomic E-state index is 13.4. The number of rotatable bonds is 6. The minimum absolute atomic E-state index is 0.306. The summed E-state index contributed by atoms with van der Waals surface area (Å²) < 4.78 is 13.4. The molecule has 0 aliphatic rings. The van der Waals surface area contributed by atoms with Crippen molar-refractivity contribution in [2.24, 2.45) is 0 Å². The van der Waals surface area contributed by atoms with E-state index in [1.165, 1.54) is 23.5 Å². The largest absolute Gasteiger partial charge is 0.347 e. The van der Waals surface area contributed by atoms with Gasteiger partial charge < -0.3 is 10.6 Å². The van der Waals surface area contributed by atoms with Crippen molar-refractivity contribution in [2.75, 3.05) is 11.9 Å². The summed E-state index contributed by atoms with van der Waals surface area (Å²) in [6.45, 7) is 4.24. The fourth-order valence-corrected chi connectivity index (χ4v) is 3.84. The summed E-state index contributed by atoms with van der Waals surface area (Å²) >= 11 is 1.46. The van der Waals surface area contributed by atoms with Gasteiger partial charge in [-0.2, -0.15) is 0 Å². The van der Waals surface area contributed by atoms with E-state index in [9.17, 15) is 14.0 Å². The maximum Gasteiger partial charge on any atom is 0.313 e. The van der Waals surface area contributed by atoms with Crippen molar-refractivity contribution in [3.63, 3.8) is 0 Å². The standard InChI is InChI=1S/C22H22FN3O2S/c1-3-15-7-9-18(10-8-15)26-21(28)20(27)24-12-11-19-14(2)25-22(29-19)16-5-4-6-17(23)13-16/h4-10,13H,3,11-12H2,1-2H3,(H,24,27)(H,26,28). The second kappa shape index (κ2) is 9.43. The van der Waals surface area contributed by atoms with Crippen LogP contribution in [0.3, 0.4) is 0 Å². The van der Waals surface area contributed by atoms with E-state index in [0.29, 0.717) is 18.7 Å². The summed E-state index contributed by atoms with van der Waals surface area (Å²) in [7, 11) is 0. The number of amides is 2. The third kappa shape index (κ3) is 5.48. The van der Waals surface area contributed by atoms with E-state index in [2.05, 4.69) is 15.6 Å². The molecule has 0 aliphatic heterocycles. The lowest BCUT2D eigenvalue weighted by atomic mass is 10.1. The molecule has 29 heavy (non-hydrogen) atoms. The molecule has 150 valence electrons. The predicted octanol–water partition coefficient (Wildman–Crippen LogP) is 4.12. The number of thiazole rings is 1. The normalized spacial score (nSPS) is 10.6. The summed E-state index contributed by atoms with van der Waals surface area (Å²) in [5.41, 5.74) is 3.30. The lowest BCUT2D eigenvalue weighted by molar-refractivity contribution is -0.136. The fourth-order valence-electron chi connectivity index (χ4n) is 2.79. The van der Waals surface area contributed by atoms with Gasteiger partial charge in [-0.05, 0) is 43.2 Å². The summed E-state index contributed by atoms with van der Waals surface area (Å²) in [5.74, 6) is -1.69. The second-order valence-electron chi connectivity index (χ2n) is 6.55. The Morgan fingerprint density at radius 1 is 1.10 bits per heavy atom. The number of aryl methyl sites for hydroxylation is 2. The van der Waals surface area contributed by atoms with Gasteiger partial charge in [-0.25, -0.2) is 9.37 Å². The number of halogens is 1. The number of nitrogens with one attached hydrogen (secondary N) is 2. The Hall–Kier alpha value is -3.06. The highest BCUT2D eigenvalue weighted by atomic mass is 32.1. The lowest BCUT2D eigenvalue weighted by Crippen LogP contribution is -2.36. The molecule has 0 saturated heterocycles. The Labute approximate surface area is 173 Å². The molecule has 2 aromatic carbocycles. The average Bonchev–Trinajstić information content (AvgIpc) is 3.09. The van der Waals surface area contributed by atoms with Gasteiger partial charge in [0.1, 0.15) is 10.8 Å². The van der Waals surface area contributed by atoms with E-state index in [0.717, 1.165) is 33.1 Å². The van der Waals surface area contributed by atoms with Crippen LogP contribution < -0.4 is 10.6 Å². The van der Waals surface area contributed by atoms with Gasteiger partial charge in [-0.1, -0.05) is 31.2 Å². The number of aromatic nitrogens is 1. The van der Waals surface area contributed by atoms with Crippen LogP contribution in [0, 0.1) is 12.7 Å². The summed E-state index contributed by atoms with van der Waals surface area (Å²) in [6, 6.07) is 13.7. The van der Waals surface area contributed by atoms with E-state index < -0.39 is 11.8 Å². The first kappa shape index (κ1) is 20.7. The molecule has 1 heterocycles. The zero-order valence-electron chi connectivity index (χ0n) is 16.3.